The highest BCUT2D eigenvalue weighted by molar-refractivity contribution is 5.87. The molecule has 214 valence electrons. The zero-order valence-electron chi connectivity index (χ0n) is 22.4. The lowest BCUT2D eigenvalue weighted by atomic mass is 10.1. The second kappa shape index (κ2) is 11.3. The second-order valence-corrected chi connectivity index (χ2v) is 10.7. The van der Waals surface area contributed by atoms with Gasteiger partial charge in [-0.05, 0) is 39.3 Å². The first kappa shape index (κ1) is 27.7. The van der Waals surface area contributed by atoms with E-state index in [1.54, 1.807) is 20.8 Å². The first-order valence-electron chi connectivity index (χ1n) is 13.0. The molecule has 2 atom stereocenters. The van der Waals surface area contributed by atoms with Gasteiger partial charge in [0, 0.05) is 31.6 Å². The van der Waals surface area contributed by atoms with Gasteiger partial charge in [0.05, 0.1) is 31.0 Å². The molecule has 40 heavy (non-hydrogen) atoms. The lowest BCUT2D eigenvalue weighted by Crippen LogP contribution is -2.36. The van der Waals surface area contributed by atoms with E-state index in [0.29, 0.717) is 26.2 Å². The van der Waals surface area contributed by atoms with Gasteiger partial charge in [0.15, 0.2) is 23.2 Å². The number of hydrogen-bond acceptors (Lipinski definition) is 9. The Labute approximate surface area is 228 Å². The van der Waals surface area contributed by atoms with Gasteiger partial charge in [-0.3, -0.25) is 0 Å². The summed E-state index contributed by atoms with van der Waals surface area (Å²) in [5.74, 6) is -3.48. The third-order valence-corrected chi connectivity index (χ3v) is 6.41. The van der Waals surface area contributed by atoms with Crippen molar-refractivity contribution >= 4 is 28.6 Å². The van der Waals surface area contributed by atoms with Gasteiger partial charge in [-0.2, -0.15) is 4.39 Å². The molecule has 1 N–H and O–H groups in total. The van der Waals surface area contributed by atoms with Gasteiger partial charge in [0.2, 0.25) is 5.82 Å². The van der Waals surface area contributed by atoms with Crippen LogP contribution in [-0.2, 0) is 9.47 Å². The van der Waals surface area contributed by atoms with E-state index < -0.39 is 35.2 Å². The Bertz CT molecular complexity index is 1400. The standard InChI is InChI=1S/C27H30F3N5O5/c1-27(2,3)40-26(36)35-8-6-16(11-35)39-25-17(28)10-19-23(34-25)24(32-14-31-19)33-18-4-5-20(22(30)21(18)29)38-13-15-7-9-37-12-15/h4-5,10,14-16H,6-9,11-13H2,1-3H3,(H,31,32,33)/t15-,16+/m1/s1. The summed E-state index contributed by atoms with van der Waals surface area (Å²) in [6, 6.07) is 3.75. The van der Waals surface area contributed by atoms with E-state index in [1.807, 2.05) is 0 Å². The van der Waals surface area contributed by atoms with Gasteiger partial charge in [0.1, 0.15) is 23.5 Å². The number of carbonyl (C=O) groups is 1. The van der Waals surface area contributed by atoms with Crippen molar-refractivity contribution in [2.75, 3.05) is 38.2 Å². The largest absolute Gasteiger partial charge is 0.490 e. The molecule has 5 rings (SSSR count). The molecule has 2 aliphatic rings. The van der Waals surface area contributed by atoms with Gasteiger partial charge >= 0.3 is 6.09 Å². The molecule has 10 nitrogen and oxygen atoms in total. The Morgan fingerprint density at radius 3 is 2.75 bits per heavy atom. The maximum Gasteiger partial charge on any atom is 0.410 e. The van der Waals surface area contributed by atoms with Crippen LogP contribution in [0.2, 0.25) is 0 Å². The molecule has 0 unspecified atom stereocenters. The van der Waals surface area contributed by atoms with E-state index in [9.17, 15) is 18.0 Å². The van der Waals surface area contributed by atoms with E-state index in [4.69, 9.17) is 18.9 Å². The Hall–Kier alpha value is -3.87. The fourth-order valence-corrected chi connectivity index (χ4v) is 4.38. The number of ether oxygens (including phenoxy) is 4. The fourth-order valence-electron chi connectivity index (χ4n) is 4.38. The Kier molecular flexibility index (Phi) is 7.83. The van der Waals surface area contributed by atoms with E-state index in [1.165, 1.54) is 17.0 Å². The second-order valence-electron chi connectivity index (χ2n) is 10.7. The highest BCUT2D eigenvalue weighted by Crippen LogP contribution is 2.32. The molecule has 4 heterocycles. The fraction of sp³-hybridized carbons (Fsp3) is 0.481. The van der Waals surface area contributed by atoms with Crippen LogP contribution in [0.5, 0.6) is 11.6 Å². The number of nitrogens with zero attached hydrogens (tertiary/aromatic N) is 4. The van der Waals surface area contributed by atoms with Crippen molar-refractivity contribution in [3.8, 4) is 11.6 Å². The minimum Gasteiger partial charge on any atom is -0.490 e. The molecule has 2 aliphatic heterocycles. The molecule has 2 fully saturated rings. The first-order valence-corrected chi connectivity index (χ1v) is 13.0. The van der Waals surface area contributed by atoms with E-state index in [0.717, 1.165) is 18.8 Å². The normalized spacial score (nSPS) is 19.2. The minimum absolute atomic E-state index is 0.0201. The molecular formula is C27H30F3N5O5. The Balaban J connectivity index is 1.31. The predicted octanol–water partition coefficient (Wildman–Crippen LogP) is 4.99. The van der Waals surface area contributed by atoms with Crippen LogP contribution >= 0.6 is 0 Å². The van der Waals surface area contributed by atoms with Crippen LogP contribution in [0.15, 0.2) is 24.5 Å². The number of pyridine rings is 1. The molecule has 0 aliphatic carbocycles. The number of anilines is 2. The topological polar surface area (TPSA) is 108 Å². The highest BCUT2D eigenvalue weighted by Gasteiger charge is 2.32. The third-order valence-electron chi connectivity index (χ3n) is 6.41. The van der Waals surface area contributed by atoms with Crippen molar-refractivity contribution < 1.29 is 36.9 Å². The summed E-state index contributed by atoms with van der Waals surface area (Å²) >= 11 is 0. The number of amides is 1. The monoisotopic (exact) mass is 561 g/mol. The zero-order valence-corrected chi connectivity index (χ0v) is 22.4. The van der Waals surface area contributed by atoms with Crippen molar-refractivity contribution in [3.05, 3.63) is 42.0 Å². The number of rotatable bonds is 7. The van der Waals surface area contributed by atoms with Crippen LogP contribution in [0.4, 0.5) is 29.5 Å². The van der Waals surface area contributed by atoms with Crippen LogP contribution in [-0.4, -0.2) is 70.6 Å². The van der Waals surface area contributed by atoms with Crippen LogP contribution in [0, 0.1) is 23.4 Å². The van der Waals surface area contributed by atoms with Crippen LogP contribution in [0.3, 0.4) is 0 Å². The number of benzene rings is 1. The summed E-state index contributed by atoms with van der Waals surface area (Å²) in [4.78, 5) is 26.2. The van der Waals surface area contributed by atoms with Crippen molar-refractivity contribution in [1.82, 2.24) is 19.9 Å². The first-order chi connectivity index (χ1) is 19.1. The molecule has 1 amide bonds. The number of nitrogens with one attached hydrogen (secondary N) is 1. The molecule has 0 radical (unpaired) electrons. The van der Waals surface area contributed by atoms with Crippen molar-refractivity contribution in [3.63, 3.8) is 0 Å². The van der Waals surface area contributed by atoms with E-state index in [2.05, 4.69) is 20.3 Å². The number of hydrogen-bond donors (Lipinski definition) is 1. The van der Waals surface area contributed by atoms with Gasteiger partial charge in [-0.25, -0.2) is 28.5 Å². The molecule has 13 heteroatoms. The molecular weight excluding hydrogens is 531 g/mol. The number of fused-ring (bicyclic) bond motifs is 1. The minimum atomic E-state index is -1.17. The van der Waals surface area contributed by atoms with Gasteiger partial charge in [-0.1, -0.05) is 0 Å². The molecule has 0 spiro atoms. The quantitative estimate of drug-likeness (QED) is 0.427. The number of aromatic nitrogens is 3. The maximum atomic E-state index is 14.9. The molecule has 1 aromatic carbocycles. The Morgan fingerprint density at radius 1 is 1.18 bits per heavy atom. The molecule has 0 saturated carbocycles. The lowest BCUT2D eigenvalue weighted by molar-refractivity contribution is 0.0274. The number of carbonyl (C=O) groups excluding carboxylic acids is 1. The van der Waals surface area contributed by atoms with Gasteiger partial charge < -0.3 is 29.2 Å². The summed E-state index contributed by atoms with van der Waals surface area (Å²) in [7, 11) is 0. The third kappa shape index (κ3) is 6.30. The highest BCUT2D eigenvalue weighted by atomic mass is 19.2. The van der Waals surface area contributed by atoms with Gasteiger partial charge in [-0.15, -0.1) is 0 Å². The summed E-state index contributed by atoms with van der Waals surface area (Å²) in [6.07, 6.45) is 1.39. The van der Waals surface area contributed by atoms with E-state index in [-0.39, 0.29) is 53.2 Å². The van der Waals surface area contributed by atoms with Gasteiger partial charge in [0.25, 0.3) is 5.88 Å². The molecule has 2 aromatic heterocycles. The average Bonchev–Trinajstić information content (AvgIpc) is 3.59. The van der Waals surface area contributed by atoms with E-state index >= 15 is 0 Å². The van der Waals surface area contributed by atoms with Crippen molar-refractivity contribution in [1.29, 1.82) is 0 Å². The number of halogens is 3. The predicted molar refractivity (Wildman–Crippen MR) is 138 cm³/mol. The Morgan fingerprint density at radius 2 is 2.00 bits per heavy atom. The van der Waals surface area contributed by atoms with Crippen LogP contribution in [0.1, 0.15) is 33.6 Å². The summed E-state index contributed by atoms with van der Waals surface area (Å²) in [5.41, 5.74) is -0.649. The maximum absolute atomic E-state index is 14.9. The molecule has 0 bridgehead atoms. The zero-order chi connectivity index (χ0) is 28.4. The lowest BCUT2D eigenvalue weighted by Gasteiger charge is -2.24. The van der Waals surface area contributed by atoms with Crippen LogP contribution < -0.4 is 14.8 Å². The average molecular weight is 562 g/mol. The summed E-state index contributed by atoms with van der Waals surface area (Å²) < 4.78 is 66.4. The van der Waals surface area contributed by atoms with Crippen molar-refractivity contribution in [2.24, 2.45) is 5.92 Å². The molecule has 2 saturated heterocycles. The summed E-state index contributed by atoms with van der Waals surface area (Å²) in [6.45, 7) is 7.24. The summed E-state index contributed by atoms with van der Waals surface area (Å²) in [5, 5.41) is 2.71. The SMILES string of the molecule is CC(C)(C)OC(=O)N1CC[C@H](Oc2nc3c(Nc4ccc(OC[C@@H]5CCOC5)c(F)c4F)ncnc3cc2F)C1. The molecule has 3 aromatic rings. The van der Waals surface area contributed by atoms with Crippen LogP contribution in [0.25, 0.3) is 11.0 Å². The number of likely N-dealkylation sites (tertiary alicyclic amines) is 1. The smallest absolute Gasteiger partial charge is 0.410 e. The van der Waals surface area contributed by atoms with Crippen molar-refractivity contribution in [2.45, 2.75) is 45.3 Å².